The van der Waals surface area contributed by atoms with Crippen molar-refractivity contribution in [3.05, 3.63) is 65.7 Å². The molecule has 3 heteroatoms. The standard InChI is InChI=1S/C20H27NS.ClH/c1-20(2,3)17-12-8-9-13-19(17)22-18(14-15-21-4)16-10-6-5-7-11-16;/h5-13,18,21H,14-15H2,1-4H3;1H. The number of nitrogens with one attached hydrogen (secondary N) is 1. The highest BCUT2D eigenvalue weighted by molar-refractivity contribution is 7.99. The molecular formula is C20H28ClNS. The SMILES string of the molecule is CNCCC(Sc1ccccc1C(C)(C)C)c1ccccc1.Cl. The Morgan fingerprint density at radius 2 is 1.57 bits per heavy atom. The zero-order valence-electron chi connectivity index (χ0n) is 14.5. The van der Waals surface area contributed by atoms with Crippen LogP contribution in [0.15, 0.2) is 59.5 Å². The quantitative estimate of drug-likeness (QED) is 0.656. The fourth-order valence-corrected chi connectivity index (χ4v) is 4.07. The van der Waals surface area contributed by atoms with Gasteiger partial charge in [0.15, 0.2) is 0 Å². The van der Waals surface area contributed by atoms with Gasteiger partial charge in [-0.1, -0.05) is 69.3 Å². The minimum atomic E-state index is 0. The monoisotopic (exact) mass is 349 g/mol. The summed E-state index contributed by atoms with van der Waals surface area (Å²) in [6, 6.07) is 19.7. The number of rotatable bonds is 6. The highest BCUT2D eigenvalue weighted by Crippen LogP contribution is 2.41. The second-order valence-electron chi connectivity index (χ2n) is 6.66. The predicted octanol–water partition coefficient (Wildman–Crippen LogP) is 5.85. The molecule has 126 valence electrons. The van der Waals surface area contributed by atoms with Crippen molar-refractivity contribution in [2.45, 2.75) is 42.8 Å². The number of thioether (sulfide) groups is 1. The predicted molar refractivity (Wildman–Crippen MR) is 106 cm³/mol. The third-order valence-electron chi connectivity index (χ3n) is 3.79. The van der Waals surface area contributed by atoms with E-state index >= 15 is 0 Å². The number of benzene rings is 2. The van der Waals surface area contributed by atoms with E-state index in [0.29, 0.717) is 5.25 Å². The molecule has 0 aliphatic carbocycles. The van der Waals surface area contributed by atoms with Crippen molar-refractivity contribution >= 4 is 24.2 Å². The Bertz CT molecular complexity index is 578. The van der Waals surface area contributed by atoms with E-state index in [1.165, 1.54) is 16.0 Å². The Kier molecular flexibility index (Phi) is 8.18. The van der Waals surface area contributed by atoms with Crippen LogP contribution < -0.4 is 5.32 Å². The van der Waals surface area contributed by atoms with E-state index < -0.39 is 0 Å². The molecule has 0 fully saturated rings. The molecule has 0 amide bonds. The van der Waals surface area contributed by atoms with Crippen LogP contribution in [-0.2, 0) is 5.41 Å². The van der Waals surface area contributed by atoms with E-state index in [1.807, 2.05) is 18.8 Å². The van der Waals surface area contributed by atoms with Crippen LogP contribution in [0.25, 0.3) is 0 Å². The van der Waals surface area contributed by atoms with Crippen LogP contribution in [-0.4, -0.2) is 13.6 Å². The fraction of sp³-hybridized carbons (Fsp3) is 0.400. The lowest BCUT2D eigenvalue weighted by Gasteiger charge is -2.25. The Labute approximate surface area is 151 Å². The van der Waals surface area contributed by atoms with Crippen LogP contribution in [0.5, 0.6) is 0 Å². The molecule has 23 heavy (non-hydrogen) atoms. The van der Waals surface area contributed by atoms with E-state index in [9.17, 15) is 0 Å². The van der Waals surface area contributed by atoms with Gasteiger partial charge in [-0.15, -0.1) is 24.2 Å². The second-order valence-corrected chi connectivity index (χ2v) is 7.90. The second kappa shape index (κ2) is 9.36. The van der Waals surface area contributed by atoms with Gasteiger partial charge in [0.25, 0.3) is 0 Å². The molecule has 2 rings (SSSR count). The first-order chi connectivity index (χ1) is 10.5. The average Bonchev–Trinajstić information content (AvgIpc) is 2.51. The Morgan fingerprint density at radius 1 is 0.957 bits per heavy atom. The molecule has 0 aromatic heterocycles. The molecule has 0 saturated heterocycles. The van der Waals surface area contributed by atoms with Gasteiger partial charge in [-0.05, 0) is 42.6 Å². The molecule has 0 radical (unpaired) electrons. The topological polar surface area (TPSA) is 12.0 Å². The Balaban J connectivity index is 0.00000264. The number of halogens is 1. The minimum Gasteiger partial charge on any atom is -0.320 e. The van der Waals surface area contributed by atoms with Gasteiger partial charge in [0.1, 0.15) is 0 Å². The lowest BCUT2D eigenvalue weighted by molar-refractivity contribution is 0.577. The summed E-state index contributed by atoms with van der Waals surface area (Å²) < 4.78 is 0. The van der Waals surface area contributed by atoms with E-state index in [-0.39, 0.29) is 17.8 Å². The molecule has 2 aromatic carbocycles. The van der Waals surface area contributed by atoms with Crippen LogP contribution in [0.3, 0.4) is 0 Å². The normalized spacial score (nSPS) is 12.5. The van der Waals surface area contributed by atoms with Gasteiger partial charge in [-0.3, -0.25) is 0 Å². The maximum Gasteiger partial charge on any atom is 0.0356 e. The molecule has 0 saturated carbocycles. The van der Waals surface area contributed by atoms with Crippen LogP contribution >= 0.6 is 24.2 Å². The van der Waals surface area contributed by atoms with Crippen LogP contribution in [0, 0.1) is 0 Å². The van der Waals surface area contributed by atoms with Crippen molar-refractivity contribution in [1.29, 1.82) is 0 Å². The maximum absolute atomic E-state index is 3.29. The van der Waals surface area contributed by atoms with E-state index in [4.69, 9.17) is 0 Å². The van der Waals surface area contributed by atoms with Gasteiger partial charge in [0.2, 0.25) is 0 Å². The van der Waals surface area contributed by atoms with Crippen molar-refractivity contribution in [1.82, 2.24) is 5.32 Å². The first-order valence-corrected chi connectivity index (χ1v) is 8.86. The molecule has 0 aliphatic rings. The summed E-state index contributed by atoms with van der Waals surface area (Å²) in [5.74, 6) is 0. The van der Waals surface area contributed by atoms with Gasteiger partial charge < -0.3 is 5.32 Å². The lowest BCUT2D eigenvalue weighted by Crippen LogP contribution is -2.14. The molecule has 0 spiro atoms. The molecule has 1 nitrogen and oxygen atoms in total. The molecule has 0 aliphatic heterocycles. The summed E-state index contributed by atoms with van der Waals surface area (Å²) in [5, 5.41) is 3.77. The Morgan fingerprint density at radius 3 is 2.17 bits per heavy atom. The smallest absolute Gasteiger partial charge is 0.0356 e. The summed E-state index contributed by atoms with van der Waals surface area (Å²) in [6.07, 6.45) is 1.13. The summed E-state index contributed by atoms with van der Waals surface area (Å²) in [4.78, 5) is 1.40. The van der Waals surface area contributed by atoms with Crippen molar-refractivity contribution < 1.29 is 0 Å². The summed E-state index contributed by atoms with van der Waals surface area (Å²) in [6.45, 7) is 7.90. The summed E-state index contributed by atoms with van der Waals surface area (Å²) in [5.41, 5.74) is 3.02. The molecule has 0 bridgehead atoms. The largest absolute Gasteiger partial charge is 0.320 e. The van der Waals surface area contributed by atoms with Crippen molar-refractivity contribution in [2.75, 3.05) is 13.6 Å². The molecular weight excluding hydrogens is 322 g/mol. The van der Waals surface area contributed by atoms with E-state index in [2.05, 4.69) is 80.7 Å². The Hall–Kier alpha value is -0.960. The first-order valence-electron chi connectivity index (χ1n) is 7.98. The zero-order valence-corrected chi connectivity index (χ0v) is 16.1. The molecule has 1 N–H and O–H groups in total. The van der Waals surface area contributed by atoms with Gasteiger partial charge in [0, 0.05) is 10.1 Å². The van der Waals surface area contributed by atoms with E-state index in [1.54, 1.807) is 0 Å². The van der Waals surface area contributed by atoms with E-state index in [0.717, 1.165) is 13.0 Å². The van der Waals surface area contributed by atoms with Gasteiger partial charge in [-0.2, -0.15) is 0 Å². The third-order valence-corrected chi connectivity index (χ3v) is 5.19. The summed E-state index contributed by atoms with van der Waals surface area (Å²) in [7, 11) is 2.02. The van der Waals surface area contributed by atoms with Crippen LogP contribution in [0.4, 0.5) is 0 Å². The first kappa shape index (κ1) is 20.1. The lowest BCUT2D eigenvalue weighted by atomic mass is 9.87. The van der Waals surface area contributed by atoms with Crippen LogP contribution in [0.1, 0.15) is 43.6 Å². The average molecular weight is 350 g/mol. The van der Waals surface area contributed by atoms with Crippen LogP contribution in [0.2, 0.25) is 0 Å². The number of hydrogen-bond acceptors (Lipinski definition) is 2. The molecule has 1 unspecified atom stereocenters. The molecule has 2 aromatic rings. The van der Waals surface area contributed by atoms with Crippen molar-refractivity contribution in [3.63, 3.8) is 0 Å². The zero-order chi connectivity index (χ0) is 16.0. The third kappa shape index (κ3) is 5.87. The fourth-order valence-electron chi connectivity index (χ4n) is 2.58. The van der Waals surface area contributed by atoms with Crippen molar-refractivity contribution in [3.8, 4) is 0 Å². The minimum absolute atomic E-state index is 0. The van der Waals surface area contributed by atoms with Gasteiger partial charge >= 0.3 is 0 Å². The van der Waals surface area contributed by atoms with Gasteiger partial charge in [0.05, 0.1) is 0 Å². The molecule has 1 atom stereocenters. The highest BCUT2D eigenvalue weighted by atomic mass is 35.5. The molecule has 0 heterocycles. The summed E-state index contributed by atoms with van der Waals surface area (Å²) >= 11 is 2.00. The maximum atomic E-state index is 3.29. The highest BCUT2D eigenvalue weighted by Gasteiger charge is 2.20. The van der Waals surface area contributed by atoms with Gasteiger partial charge in [-0.25, -0.2) is 0 Å². The van der Waals surface area contributed by atoms with Crippen molar-refractivity contribution in [2.24, 2.45) is 0 Å². The number of hydrogen-bond donors (Lipinski definition) is 1.